The average Bonchev–Trinajstić information content (AvgIpc) is 2.29. The Morgan fingerprint density at radius 3 is 2.78 bits per heavy atom. The summed E-state index contributed by atoms with van der Waals surface area (Å²) in [5.41, 5.74) is 1.15. The van der Waals surface area contributed by atoms with Gasteiger partial charge in [0.15, 0.2) is 0 Å². The summed E-state index contributed by atoms with van der Waals surface area (Å²) in [6.45, 7) is 1.74. The van der Waals surface area contributed by atoms with E-state index >= 15 is 0 Å². The number of hydrogen-bond donors (Lipinski definition) is 1. The second-order valence-corrected chi connectivity index (χ2v) is 4.19. The Morgan fingerprint density at radius 1 is 1.33 bits per heavy atom. The molecule has 0 radical (unpaired) electrons. The van der Waals surface area contributed by atoms with Crippen molar-refractivity contribution in [3.8, 4) is 0 Å². The van der Waals surface area contributed by atoms with Gasteiger partial charge in [0.1, 0.15) is 11.6 Å². The lowest BCUT2D eigenvalue weighted by Crippen LogP contribution is -2.08. The molecule has 0 aliphatic heterocycles. The number of rotatable bonds is 2. The van der Waals surface area contributed by atoms with Crippen molar-refractivity contribution in [1.29, 1.82) is 0 Å². The van der Waals surface area contributed by atoms with Gasteiger partial charge in [-0.25, -0.2) is 9.37 Å². The molecule has 0 saturated carbocycles. The van der Waals surface area contributed by atoms with Crippen LogP contribution in [0, 0.1) is 12.7 Å². The normalized spacial score (nSPS) is 11.1. The molecule has 0 spiro atoms. The van der Waals surface area contributed by atoms with Gasteiger partial charge >= 0.3 is 0 Å². The number of aromatic amines is 1. The first-order valence-electron chi connectivity index (χ1n) is 5.26. The van der Waals surface area contributed by atoms with Gasteiger partial charge in [0.05, 0.1) is 5.02 Å². The molecular formula is C13H10ClFN2O. The highest BCUT2D eigenvalue weighted by Gasteiger charge is 1.99. The van der Waals surface area contributed by atoms with Crippen LogP contribution in [0.5, 0.6) is 0 Å². The number of aromatic nitrogens is 2. The molecule has 5 heteroatoms. The summed E-state index contributed by atoms with van der Waals surface area (Å²) in [5.74, 6) is -0.0173. The maximum atomic E-state index is 13.0. The van der Waals surface area contributed by atoms with Crippen LogP contribution in [0.4, 0.5) is 4.39 Å². The Labute approximate surface area is 108 Å². The van der Waals surface area contributed by atoms with E-state index in [0.29, 0.717) is 11.5 Å². The van der Waals surface area contributed by atoms with Gasteiger partial charge in [-0.15, -0.1) is 0 Å². The SMILES string of the molecule is Cc1cc(=O)[nH]c(/C=C/c2ccc(F)c(Cl)c2)n1. The standard InChI is InChI=1S/C13H10ClFN2O/c1-8-6-13(18)17-12(16-8)5-3-9-2-4-11(15)10(14)7-9/h2-7H,1H3,(H,16,17,18)/b5-3+. The van der Waals surface area contributed by atoms with Crippen LogP contribution in [0.2, 0.25) is 5.02 Å². The number of aryl methyl sites for hydroxylation is 1. The highest BCUT2D eigenvalue weighted by molar-refractivity contribution is 6.30. The predicted molar refractivity (Wildman–Crippen MR) is 69.9 cm³/mol. The molecule has 0 amide bonds. The number of benzene rings is 1. The fourth-order valence-electron chi connectivity index (χ4n) is 1.47. The third-order valence-corrected chi connectivity index (χ3v) is 2.56. The van der Waals surface area contributed by atoms with Crippen LogP contribution in [0.1, 0.15) is 17.1 Å². The molecule has 1 aromatic carbocycles. The van der Waals surface area contributed by atoms with Gasteiger partial charge in [-0.3, -0.25) is 4.79 Å². The van der Waals surface area contributed by atoms with Crippen molar-refractivity contribution < 1.29 is 4.39 Å². The molecule has 0 bridgehead atoms. The minimum absolute atomic E-state index is 0.0582. The molecule has 2 rings (SSSR count). The molecule has 3 nitrogen and oxygen atoms in total. The van der Waals surface area contributed by atoms with Crippen molar-refractivity contribution in [2.75, 3.05) is 0 Å². The van der Waals surface area contributed by atoms with E-state index in [1.165, 1.54) is 18.2 Å². The molecule has 1 N–H and O–H groups in total. The fourth-order valence-corrected chi connectivity index (χ4v) is 1.66. The lowest BCUT2D eigenvalue weighted by atomic mass is 10.2. The van der Waals surface area contributed by atoms with Gasteiger partial charge in [0.25, 0.3) is 5.56 Å². The second-order valence-electron chi connectivity index (χ2n) is 3.78. The minimum atomic E-state index is -0.462. The third kappa shape index (κ3) is 3.05. The molecule has 92 valence electrons. The monoisotopic (exact) mass is 264 g/mol. The van der Waals surface area contributed by atoms with Crippen LogP contribution in [0.25, 0.3) is 12.2 Å². The molecule has 0 aliphatic carbocycles. The first-order chi connectivity index (χ1) is 8.54. The number of halogens is 2. The Balaban J connectivity index is 2.29. The average molecular weight is 265 g/mol. The number of hydrogen-bond acceptors (Lipinski definition) is 2. The van der Waals surface area contributed by atoms with Crippen LogP contribution in [0.3, 0.4) is 0 Å². The molecule has 1 aromatic heterocycles. The first-order valence-corrected chi connectivity index (χ1v) is 5.63. The maximum absolute atomic E-state index is 13.0. The lowest BCUT2D eigenvalue weighted by Gasteiger charge is -1.97. The maximum Gasteiger partial charge on any atom is 0.251 e. The van der Waals surface area contributed by atoms with E-state index in [2.05, 4.69) is 9.97 Å². The summed E-state index contributed by atoms with van der Waals surface area (Å²) in [6.07, 6.45) is 3.33. The van der Waals surface area contributed by atoms with Gasteiger partial charge in [0, 0.05) is 11.8 Å². The van der Waals surface area contributed by atoms with Crippen molar-refractivity contribution in [1.82, 2.24) is 9.97 Å². The van der Waals surface area contributed by atoms with Crippen LogP contribution in [-0.4, -0.2) is 9.97 Å². The van der Waals surface area contributed by atoms with Crippen LogP contribution in [0.15, 0.2) is 29.1 Å². The van der Waals surface area contributed by atoms with Crippen molar-refractivity contribution >= 4 is 23.8 Å². The molecule has 0 saturated heterocycles. The topological polar surface area (TPSA) is 45.8 Å². The molecule has 18 heavy (non-hydrogen) atoms. The summed E-state index contributed by atoms with van der Waals surface area (Å²) in [7, 11) is 0. The Bertz CT molecular complexity index is 664. The second kappa shape index (κ2) is 5.14. The van der Waals surface area contributed by atoms with Crippen molar-refractivity contribution in [3.63, 3.8) is 0 Å². The lowest BCUT2D eigenvalue weighted by molar-refractivity contribution is 0.628. The van der Waals surface area contributed by atoms with Crippen molar-refractivity contribution in [2.24, 2.45) is 0 Å². The molecule has 2 aromatic rings. The molecule has 0 fully saturated rings. The molecule has 0 unspecified atom stereocenters. The summed E-state index contributed by atoms with van der Waals surface area (Å²) in [6, 6.07) is 5.79. The zero-order valence-electron chi connectivity index (χ0n) is 9.58. The summed E-state index contributed by atoms with van der Waals surface area (Å²) in [4.78, 5) is 17.9. The summed E-state index contributed by atoms with van der Waals surface area (Å²) >= 11 is 5.66. The van der Waals surface area contributed by atoms with Crippen LogP contribution < -0.4 is 5.56 Å². The first kappa shape index (κ1) is 12.5. The van der Waals surface area contributed by atoms with Gasteiger partial charge in [0.2, 0.25) is 0 Å². The van der Waals surface area contributed by atoms with E-state index in [1.54, 1.807) is 25.1 Å². The van der Waals surface area contributed by atoms with E-state index in [1.807, 2.05) is 0 Å². The highest BCUT2D eigenvalue weighted by atomic mass is 35.5. The molecule has 0 aliphatic rings. The van der Waals surface area contributed by atoms with E-state index < -0.39 is 5.82 Å². The zero-order valence-corrected chi connectivity index (χ0v) is 10.3. The fraction of sp³-hybridized carbons (Fsp3) is 0.0769. The van der Waals surface area contributed by atoms with Crippen LogP contribution in [-0.2, 0) is 0 Å². The Morgan fingerprint density at radius 2 is 2.11 bits per heavy atom. The molecule has 0 atom stereocenters. The van der Waals surface area contributed by atoms with Crippen molar-refractivity contribution in [2.45, 2.75) is 6.92 Å². The van der Waals surface area contributed by atoms with Gasteiger partial charge in [-0.2, -0.15) is 0 Å². The number of H-pyrrole nitrogens is 1. The largest absolute Gasteiger partial charge is 0.307 e. The van der Waals surface area contributed by atoms with E-state index in [9.17, 15) is 9.18 Å². The number of nitrogens with zero attached hydrogens (tertiary/aromatic N) is 1. The van der Waals surface area contributed by atoms with Gasteiger partial charge < -0.3 is 4.98 Å². The third-order valence-electron chi connectivity index (χ3n) is 2.27. The Hall–Kier alpha value is -1.94. The zero-order chi connectivity index (χ0) is 13.1. The molecular weight excluding hydrogens is 255 g/mol. The predicted octanol–water partition coefficient (Wildman–Crippen LogP) is 3.04. The van der Waals surface area contributed by atoms with E-state index in [-0.39, 0.29) is 10.6 Å². The van der Waals surface area contributed by atoms with Crippen molar-refractivity contribution in [3.05, 3.63) is 62.5 Å². The van der Waals surface area contributed by atoms with E-state index in [0.717, 1.165) is 5.56 Å². The van der Waals surface area contributed by atoms with Crippen LogP contribution >= 0.6 is 11.6 Å². The van der Waals surface area contributed by atoms with Gasteiger partial charge in [-0.05, 0) is 30.7 Å². The minimum Gasteiger partial charge on any atom is -0.307 e. The Kier molecular flexibility index (Phi) is 3.58. The number of nitrogens with one attached hydrogen (secondary N) is 1. The summed E-state index contributed by atoms with van der Waals surface area (Å²) < 4.78 is 13.0. The summed E-state index contributed by atoms with van der Waals surface area (Å²) in [5, 5.41) is 0.0582. The molecule has 1 heterocycles. The van der Waals surface area contributed by atoms with E-state index in [4.69, 9.17) is 11.6 Å². The highest BCUT2D eigenvalue weighted by Crippen LogP contribution is 2.17. The quantitative estimate of drug-likeness (QED) is 0.906. The smallest absolute Gasteiger partial charge is 0.251 e. The van der Waals surface area contributed by atoms with Gasteiger partial charge in [-0.1, -0.05) is 23.7 Å².